The SMILES string of the molecule is CCCNC(=O)[C@@H](C)Sc1nc2cc(Cl)ccc2c(=O)n1Cc1ccco1. The van der Waals surface area contributed by atoms with Gasteiger partial charge in [-0.15, -0.1) is 0 Å². The number of nitrogens with zero attached hydrogens (tertiary/aromatic N) is 2. The molecule has 0 radical (unpaired) electrons. The molecule has 1 N–H and O–H groups in total. The lowest BCUT2D eigenvalue weighted by Crippen LogP contribution is -2.32. The summed E-state index contributed by atoms with van der Waals surface area (Å²) in [7, 11) is 0. The highest BCUT2D eigenvalue weighted by molar-refractivity contribution is 8.00. The van der Waals surface area contributed by atoms with Crippen LogP contribution in [-0.4, -0.2) is 27.3 Å². The largest absolute Gasteiger partial charge is 0.467 e. The zero-order chi connectivity index (χ0) is 19.4. The van der Waals surface area contributed by atoms with Crippen molar-refractivity contribution >= 4 is 40.2 Å². The van der Waals surface area contributed by atoms with Crippen molar-refractivity contribution in [3.8, 4) is 0 Å². The maximum absolute atomic E-state index is 13.0. The molecule has 0 aliphatic carbocycles. The fraction of sp³-hybridized carbons (Fsp3) is 0.316. The van der Waals surface area contributed by atoms with E-state index in [-0.39, 0.29) is 18.0 Å². The second kappa shape index (κ2) is 8.63. The number of amides is 1. The van der Waals surface area contributed by atoms with E-state index in [0.717, 1.165) is 6.42 Å². The van der Waals surface area contributed by atoms with Crippen LogP contribution in [0.15, 0.2) is 51.0 Å². The third-order valence-electron chi connectivity index (χ3n) is 3.98. The average molecular weight is 406 g/mol. The molecule has 2 aromatic heterocycles. The molecule has 3 aromatic rings. The molecule has 0 aliphatic heterocycles. The number of carbonyl (C=O) groups excluding carboxylic acids is 1. The maximum Gasteiger partial charge on any atom is 0.262 e. The first kappa shape index (κ1) is 19.5. The lowest BCUT2D eigenvalue weighted by atomic mass is 10.2. The first-order chi connectivity index (χ1) is 13.0. The monoisotopic (exact) mass is 405 g/mol. The Morgan fingerprint density at radius 2 is 2.22 bits per heavy atom. The molecule has 142 valence electrons. The van der Waals surface area contributed by atoms with Crippen molar-refractivity contribution in [1.82, 2.24) is 14.9 Å². The quantitative estimate of drug-likeness (QED) is 0.479. The van der Waals surface area contributed by atoms with Crippen LogP contribution in [0, 0.1) is 0 Å². The van der Waals surface area contributed by atoms with Gasteiger partial charge in [0.1, 0.15) is 5.76 Å². The minimum Gasteiger partial charge on any atom is -0.467 e. The van der Waals surface area contributed by atoms with Crippen LogP contribution in [0.3, 0.4) is 0 Å². The summed E-state index contributed by atoms with van der Waals surface area (Å²) in [5, 5.41) is 3.89. The summed E-state index contributed by atoms with van der Waals surface area (Å²) in [6, 6.07) is 8.54. The van der Waals surface area contributed by atoms with Gasteiger partial charge in [0.15, 0.2) is 5.16 Å². The molecule has 0 saturated heterocycles. The number of benzene rings is 1. The van der Waals surface area contributed by atoms with Crippen LogP contribution in [0.2, 0.25) is 5.02 Å². The average Bonchev–Trinajstić information content (AvgIpc) is 3.15. The topological polar surface area (TPSA) is 77.1 Å². The van der Waals surface area contributed by atoms with Crippen LogP contribution >= 0.6 is 23.4 Å². The molecule has 1 aromatic carbocycles. The molecule has 8 heteroatoms. The second-order valence-corrected chi connectivity index (χ2v) is 7.82. The molecule has 0 saturated carbocycles. The van der Waals surface area contributed by atoms with E-state index in [1.165, 1.54) is 16.3 Å². The lowest BCUT2D eigenvalue weighted by Gasteiger charge is -2.15. The van der Waals surface area contributed by atoms with E-state index in [2.05, 4.69) is 10.3 Å². The van der Waals surface area contributed by atoms with E-state index in [4.69, 9.17) is 16.0 Å². The van der Waals surface area contributed by atoms with Gasteiger partial charge in [0.25, 0.3) is 5.56 Å². The molecule has 0 aliphatic rings. The highest BCUT2D eigenvalue weighted by Crippen LogP contribution is 2.24. The van der Waals surface area contributed by atoms with Gasteiger partial charge in [-0.05, 0) is 43.7 Å². The van der Waals surface area contributed by atoms with Gasteiger partial charge in [-0.3, -0.25) is 14.2 Å². The van der Waals surface area contributed by atoms with Gasteiger partial charge < -0.3 is 9.73 Å². The van der Waals surface area contributed by atoms with Crippen molar-refractivity contribution in [2.75, 3.05) is 6.54 Å². The van der Waals surface area contributed by atoms with Gasteiger partial charge in [0, 0.05) is 11.6 Å². The Bertz CT molecular complexity index is 1000. The first-order valence-corrected chi connectivity index (χ1v) is 9.92. The van der Waals surface area contributed by atoms with Gasteiger partial charge in [0.2, 0.25) is 5.91 Å². The maximum atomic E-state index is 13.0. The molecule has 27 heavy (non-hydrogen) atoms. The van der Waals surface area contributed by atoms with Gasteiger partial charge in [-0.25, -0.2) is 4.98 Å². The minimum absolute atomic E-state index is 0.0909. The zero-order valence-electron chi connectivity index (χ0n) is 15.1. The van der Waals surface area contributed by atoms with Crippen molar-refractivity contribution < 1.29 is 9.21 Å². The Morgan fingerprint density at radius 1 is 1.41 bits per heavy atom. The van der Waals surface area contributed by atoms with Crippen LogP contribution in [-0.2, 0) is 11.3 Å². The van der Waals surface area contributed by atoms with Gasteiger partial charge in [-0.1, -0.05) is 30.3 Å². The van der Waals surface area contributed by atoms with E-state index in [1.54, 1.807) is 43.5 Å². The first-order valence-electron chi connectivity index (χ1n) is 8.66. The molecule has 3 rings (SSSR count). The Balaban J connectivity index is 2.02. The van der Waals surface area contributed by atoms with Gasteiger partial charge >= 0.3 is 0 Å². The predicted octanol–water partition coefficient (Wildman–Crippen LogP) is 3.70. The lowest BCUT2D eigenvalue weighted by molar-refractivity contribution is -0.120. The summed E-state index contributed by atoms with van der Waals surface area (Å²) < 4.78 is 6.92. The van der Waals surface area contributed by atoms with Gasteiger partial charge in [-0.2, -0.15) is 0 Å². The molecule has 0 spiro atoms. The molecule has 0 fully saturated rings. The number of carbonyl (C=O) groups is 1. The molecular formula is C19H20ClN3O3S. The van der Waals surface area contributed by atoms with E-state index in [1.807, 2.05) is 6.92 Å². The van der Waals surface area contributed by atoms with Crippen LogP contribution in [0.4, 0.5) is 0 Å². The summed E-state index contributed by atoms with van der Waals surface area (Å²) >= 11 is 7.30. The number of halogens is 1. The molecule has 1 atom stereocenters. The van der Waals surface area contributed by atoms with Crippen molar-refractivity contribution in [3.63, 3.8) is 0 Å². The van der Waals surface area contributed by atoms with Crippen molar-refractivity contribution in [2.24, 2.45) is 0 Å². The Morgan fingerprint density at radius 3 is 2.93 bits per heavy atom. The third-order valence-corrected chi connectivity index (χ3v) is 5.30. The van der Waals surface area contributed by atoms with Crippen molar-refractivity contribution in [3.05, 3.63) is 57.7 Å². The number of hydrogen-bond donors (Lipinski definition) is 1. The smallest absolute Gasteiger partial charge is 0.262 e. The van der Waals surface area contributed by atoms with E-state index in [0.29, 0.717) is 33.4 Å². The number of aromatic nitrogens is 2. The third kappa shape index (κ3) is 4.54. The van der Waals surface area contributed by atoms with Gasteiger partial charge in [0.05, 0.1) is 29.0 Å². The molecule has 0 bridgehead atoms. The second-order valence-electron chi connectivity index (χ2n) is 6.08. The normalized spacial score (nSPS) is 12.3. The fourth-order valence-electron chi connectivity index (χ4n) is 2.57. The number of furan rings is 1. The number of fused-ring (bicyclic) bond motifs is 1. The molecule has 6 nitrogen and oxygen atoms in total. The van der Waals surface area contributed by atoms with Crippen LogP contribution in [0.1, 0.15) is 26.0 Å². The van der Waals surface area contributed by atoms with E-state index in [9.17, 15) is 9.59 Å². The Kier molecular flexibility index (Phi) is 6.23. The standard InChI is InChI=1S/C19H20ClN3O3S/c1-3-8-21-17(24)12(2)27-19-22-16-10-13(20)6-7-15(16)18(25)23(19)11-14-5-4-9-26-14/h4-7,9-10,12H,3,8,11H2,1-2H3,(H,21,24)/t12-/m1/s1. The zero-order valence-corrected chi connectivity index (χ0v) is 16.6. The highest BCUT2D eigenvalue weighted by Gasteiger charge is 2.20. The van der Waals surface area contributed by atoms with Crippen molar-refractivity contribution in [1.29, 1.82) is 0 Å². The molecule has 1 amide bonds. The summed E-state index contributed by atoms with van der Waals surface area (Å²) in [6.45, 7) is 4.64. The highest BCUT2D eigenvalue weighted by atomic mass is 35.5. The van der Waals surface area contributed by atoms with Crippen LogP contribution < -0.4 is 10.9 Å². The number of hydrogen-bond acceptors (Lipinski definition) is 5. The molecular weight excluding hydrogens is 386 g/mol. The predicted molar refractivity (Wildman–Crippen MR) is 107 cm³/mol. The minimum atomic E-state index is -0.400. The summed E-state index contributed by atoms with van der Waals surface area (Å²) in [5.74, 6) is 0.545. The summed E-state index contributed by atoms with van der Waals surface area (Å²) in [6.07, 6.45) is 2.42. The van der Waals surface area contributed by atoms with E-state index >= 15 is 0 Å². The molecule has 0 unspecified atom stereocenters. The van der Waals surface area contributed by atoms with Crippen LogP contribution in [0.5, 0.6) is 0 Å². The van der Waals surface area contributed by atoms with Crippen molar-refractivity contribution in [2.45, 2.75) is 37.2 Å². The number of nitrogens with one attached hydrogen (secondary N) is 1. The van der Waals surface area contributed by atoms with E-state index < -0.39 is 5.25 Å². The Hall–Kier alpha value is -2.25. The number of thioether (sulfide) groups is 1. The molecule has 2 heterocycles. The summed E-state index contributed by atoms with van der Waals surface area (Å²) in [4.78, 5) is 29.9. The summed E-state index contributed by atoms with van der Waals surface area (Å²) in [5.41, 5.74) is 0.309. The van der Waals surface area contributed by atoms with Crippen LogP contribution in [0.25, 0.3) is 10.9 Å². The fourth-order valence-corrected chi connectivity index (χ4v) is 3.66. The number of rotatable bonds is 7. The Labute approximate surface area is 165 Å².